The Morgan fingerprint density at radius 3 is 1.82 bits per heavy atom. The van der Waals surface area contributed by atoms with Gasteiger partial charge in [-0.3, -0.25) is 24.2 Å². The fraction of sp³-hybridized carbons (Fsp3) is 0.0606. The van der Waals surface area contributed by atoms with Crippen LogP contribution in [0.2, 0.25) is 0 Å². The van der Waals surface area contributed by atoms with Crippen LogP contribution in [0.5, 0.6) is 0 Å². The van der Waals surface area contributed by atoms with Gasteiger partial charge in [0.25, 0.3) is 11.8 Å². The van der Waals surface area contributed by atoms with Crippen molar-refractivity contribution >= 4 is 22.8 Å². The second-order valence-electron chi connectivity index (χ2n) is 9.62. The lowest BCUT2D eigenvalue weighted by Gasteiger charge is -2.16. The Hall–Kier alpha value is -5.43. The summed E-state index contributed by atoms with van der Waals surface area (Å²) in [5.41, 5.74) is 7.34. The molecule has 3 aromatic carbocycles. The van der Waals surface area contributed by atoms with Crippen molar-refractivity contribution in [1.82, 2.24) is 24.6 Å². The quantitative estimate of drug-likeness (QED) is 0.247. The minimum atomic E-state index is -0.272. The van der Waals surface area contributed by atoms with Crippen LogP contribution in [0.3, 0.4) is 0 Å². The molecular formula is C33H23N5O2. The molecule has 1 aliphatic rings. The Morgan fingerprint density at radius 2 is 1.18 bits per heavy atom. The van der Waals surface area contributed by atoms with Crippen LogP contribution in [-0.2, 0) is 6.54 Å². The first kappa shape index (κ1) is 23.7. The van der Waals surface area contributed by atoms with E-state index in [1.165, 1.54) is 4.90 Å². The number of aromatic nitrogens is 4. The number of nitrogens with zero attached hydrogens (tertiary/aromatic N) is 5. The number of rotatable bonds is 6. The van der Waals surface area contributed by atoms with Crippen LogP contribution in [0.4, 0.5) is 0 Å². The Balaban J connectivity index is 1.37. The second-order valence-corrected chi connectivity index (χ2v) is 9.62. The summed E-state index contributed by atoms with van der Waals surface area (Å²) in [7, 11) is 0. The number of imide groups is 1. The highest BCUT2D eigenvalue weighted by Gasteiger charge is 2.34. The zero-order valence-corrected chi connectivity index (χ0v) is 21.4. The Kier molecular flexibility index (Phi) is 5.74. The number of hydrogen-bond donors (Lipinski definition) is 0. The van der Waals surface area contributed by atoms with Crippen LogP contribution in [-0.4, -0.2) is 43.0 Å². The molecule has 0 saturated carbocycles. The standard InChI is InChI=1S/C33H23N5O2/c39-32-25-13-7-8-14-26(25)33(40)38(32)20-19-37-21-27-28(22-9-3-1-4-10-22)29(23-15-17-34-18-16-23)30(35-31(27)36-37)24-11-5-2-6-12-24/h1-18,21H,19-20H2. The first-order valence-corrected chi connectivity index (χ1v) is 13.1. The van der Waals surface area contributed by atoms with E-state index in [1.54, 1.807) is 41.3 Å². The van der Waals surface area contributed by atoms with E-state index in [2.05, 4.69) is 17.1 Å². The van der Waals surface area contributed by atoms with Crippen molar-refractivity contribution in [1.29, 1.82) is 0 Å². The largest absolute Gasteiger partial charge is 0.272 e. The Labute approximate surface area is 230 Å². The minimum Gasteiger partial charge on any atom is -0.272 e. The van der Waals surface area contributed by atoms with Crippen LogP contribution >= 0.6 is 0 Å². The predicted molar refractivity (Wildman–Crippen MR) is 153 cm³/mol. The fourth-order valence-corrected chi connectivity index (χ4v) is 5.35. The molecular weight excluding hydrogens is 498 g/mol. The van der Waals surface area contributed by atoms with E-state index in [9.17, 15) is 9.59 Å². The van der Waals surface area contributed by atoms with Crippen molar-refractivity contribution < 1.29 is 9.59 Å². The molecule has 40 heavy (non-hydrogen) atoms. The lowest BCUT2D eigenvalue weighted by molar-refractivity contribution is 0.0647. The third-order valence-corrected chi connectivity index (χ3v) is 7.23. The van der Waals surface area contributed by atoms with Crippen LogP contribution < -0.4 is 0 Å². The number of hydrogen-bond acceptors (Lipinski definition) is 5. The van der Waals surface area contributed by atoms with E-state index >= 15 is 0 Å². The maximum Gasteiger partial charge on any atom is 0.261 e. The SMILES string of the molecule is O=C1c2ccccc2C(=O)N1CCn1cc2c(-c3ccccc3)c(-c3ccncc3)c(-c3ccccc3)nc2n1. The minimum absolute atomic E-state index is 0.212. The molecule has 0 spiro atoms. The summed E-state index contributed by atoms with van der Waals surface area (Å²) >= 11 is 0. The second kappa shape index (κ2) is 9.71. The van der Waals surface area contributed by atoms with Crippen molar-refractivity contribution in [3.63, 3.8) is 0 Å². The van der Waals surface area contributed by atoms with Gasteiger partial charge in [0.05, 0.1) is 23.4 Å². The van der Waals surface area contributed by atoms with E-state index in [0.717, 1.165) is 38.9 Å². The summed E-state index contributed by atoms with van der Waals surface area (Å²) in [5.74, 6) is -0.543. The highest BCUT2D eigenvalue weighted by Crippen LogP contribution is 2.42. The van der Waals surface area contributed by atoms with Gasteiger partial charge in [0.15, 0.2) is 5.65 Å². The number of pyridine rings is 2. The zero-order chi connectivity index (χ0) is 27.1. The summed E-state index contributed by atoms with van der Waals surface area (Å²) in [6.07, 6.45) is 5.53. The smallest absolute Gasteiger partial charge is 0.261 e. The van der Waals surface area contributed by atoms with Crippen molar-refractivity contribution in [2.45, 2.75) is 6.54 Å². The molecule has 0 radical (unpaired) electrons. The van der Waals surface area contributed by atoms with Gasteiger partial charge in [-0.25, -0.2) is 4.98 Å². The van der Waals surface area contributed by atoms with Gasteiger partial charge < -0.3 is 0 Å². The molecule has 4 heterocycles. The van der Waals surface area contributed by atoms with E-state index in [0.29, 0.717) is 23.3 Å². The first-order valence-electron chi connectivity index (χ1n) is 13.1. The average Bonchev–Trinajstić information content (AvgIpc) is 3.54. The highest BCUT2D eigenvalue weighted by molar-refractivity contribution is 6.21. The van der Waals surface area contributed by atoms with Crippen LogP contribution in [0, 0.1) is 0 Å². The van der Waals surface area contributed by atoms with Crippen molar-refractivity contribution in [2.75, 3.05) is 6.54 Å². The number of benzene rings is 3. The van der Waals surface area contributed by atoms with Gasteiger partial charge in [0.2, 0.25) is 0 Å². The third-order valence-electron chi connectivity index (χ3n) is 7.23. The maximum absolute atomic E-state index is 12.9. The molecule has 0 atom stereocenters. The molecule has 3 aromatic heterocycles. The summed E-state index contributed by atoms with van der Waals surface area (Å²) in [6, 6.07) is 31.2. The number of amides is 2. The van der Waals surface area contributed by atoms with Gasteiger partial charge in [-0.2, -0.15) is 5.10 Å². The molecule has 0 saturated heterocycles. The summed E-state index contributed by atoms with van der Waals surface area (Å²) < 4.78 is 1.78. The molecule has 192 valence electrons. The van der Waals surface area contributed by atoms with E-state index < -0.39 is 0 Å². The molecule has 7 heteroatoms. The van der Waals surface area contributed by atoms with Crippen LogP contribution in [0.25, 0.3) is 44.5 Å². The molecule has 2 amide bonds. The van der Waals surface area contributed by atoms with Gasteiger partial charge in [0, 0.05) is 47.2 Å². The molecule has 0 N–H and O–H groups in total. The summed E-state index contributed by atoms with van der Waals surface area (Å²) in [4.78, 5) is 36.4. The molecule has 0 aliphatic carbocycles. The Morgan fingerprint density at radius 1 is 0.600 bits per heavy atom. The number of carbonyl (C=O) groups is 2. The van der Waals surface area contributed by atoms with Gasteiger partial charge in [-0.1, -0.05) is 72.8 Å². The molecule has 1 aliphatic heterocycles. The van der Waals surface area contributed by atoms with Crippen LogP contribution in [0.15, 0.2) is 116 Å². The van der Waals surface area contributed by atoms with E-state index in [1.807, 2.05) is 66.9 Å². The van der Waals surface area contributed by atoms with Gasteiger partial charge in [-0.05, 0) is 35.4 Å². The lowest BCUT2D eigenvalue weighted by atomic mass is 9.90. The third kappa shape index (κ3) is 3.96. The van der Waals surface area contributed by atoms with Gasteiger partial charge >= 0.3 is 0 Å². The number of fused-ring (bicyclic) bond motifs is 2. The first-order chi connectivity index (χ1) is 19.7. The normalized spacial score (nSPS) is 12.8. The monoisotopic (exact) mass is 521 g/mol. The summed E-state index contributed by atoms with van der Waals surface area (Å²) in [5, 5.41) is 5.71. The molecule has 7 rings (SSSR count). The molecule has 0 unspecified atom stereocenters. The van der Waals surface area contributed by atoms with E-state index in [4.69, 9.17) is 10.1 Å². The number of carbonyl (C=O) groups excluding carboxylic acids is 2. The zero-order valence-electron chi connectivity index (χ0n) is 21.4. The van der Waals surface area contributed by atoms with Crippen LogP contribution in [0.1, 0.15) is 20.7 Å². The topological polar surface area (TPSA) is 81.0 Å². The van der Waals surface area contributed by atoms with Gasteiger partial charge in [0.1, 0.15) is 0 Å². The summed E-state index contributed by atoms with van der Waals surface area (Å²) in [6.45, 7) is 0.561. The molecule has 6 aromatic rings. The molecule has 0 fully saturated rings. The predicted octanol–water partition coefficient (Wildman–Crippen LogP) is 6.12. The molecule has 7 nitrogen and oxygen atoms in total. The van der Waals surface area contributed by atoms with E-state index in [-0.39, 0.29) is 18.4 Å². The molecule has 0 bridgehead atoms. The average molecular weight is 522 g/mol. The fourth-order valence-electron chi connectivity index (χ4n) is 5.35. The maximum atomic E-state index is 12.9. The Bertz CT molecular complexity index is 1850. The van der Waals surface area contributed by atoms with Crippen molar-refractivity contribution in [3.8, 4) is 33.5 Å². The van der Waals surface area contributed by atoms with Gasteiger partial charge in [-0.15, -0.1) is 0 Å². The lowest BCUT2D eigenvalue weighted by Crippen LogP contribution is -2.33. The van der Waals surface area contributed by atoms with Crippen molar-refractivity contribution in [3.05, 3.63) is 127 Å². The highest BCUT2D eigenvalue weighted by atomic mass is 16.2. The van der Waals surface area contributed by atoms with Crippen molar-refractivity contribution in [2.24, 2.45) is 0 Å².